The number of hydrazine groups is 1. The van der Waals surface area contributed by atoms with Crippen molar-refractivity contribution < 1.29 is 0 Å². The summed E-state index contributed by atoms with van der Waals surface area (Å²) >= 11 is 0. The molecule has 0 amide bonds. The van der Waals surface area contributed by atoms with Crippen LogP contribution in [-0.4, -0.2) is 6.04 Å². The molecule has 0 radical (unpaired) electrons. The topological polar surface area (TPSA) is 38.0 Å². The maximum absolute atomic E-state index is 5.65. The predicted octanol–water partition coefficient (Wildman–Crippen LogP) is 2.98. The Bertz CT molecular complexity index is 128. The van der Waals surface area contributed by atoms with Crippen molar-refractivity contribution in [2.75, 3.05) is 0 Å². The molecule has 0 aromatic heterocycles. The Morgan fingerprint density at radius 1 is 1.21 bits per heavy atom. The van der Waals surface area contributed by atoms with Crippen LogP contribution in [0.3, 0.4) is 0 Å². The summed E-state index contributed by atoms with van der Waals surface area (Å²) in [4.78, 5) is 0. The molecule has 0 aliphatic heterocycles. The van der Waals surface area contributed by atoms with Gasteiger partial charge in [-0.15, -0.1) is 0 Å². The maximum Gasteiger partial charge on any atom is 0.0238 e. The second kappa shape index (κ2) is 7.24. The summed E-state index contributed by atoms with van der Waals surface area (Å²) in [6.45, 7) is 2.25. The molecule has 1 saturated carbocycles. The third-order valence-corrected chi connectivity index (χ3v) is 3.55. The van der Waals surface area contributed by atoms with Crippen LogP contribution in [0, 0.1) is 5.92 Å². The van der Waals surface area contributed by atoms with Gasteiger partial charge in [-0.25, -0.2) is 0 Å². The zero-order valence-electron chi connectivity index (χ0n) is 9.60. The Hall–Kier alpha value is -0.0800. The molecule has 0 heterocycles. The van der Waals surface area contributed by atoms with E-state index in [2.05, 4.69) is 12.3 Å². The fourth-order valence-corrected chi connectivity index (χ4v) is 2.59. The van der Waals surface area contributed by atoms with Gasteiger partial charge in [0.1, 0.15) is 0 Å². The van der Waals surface area contributed by atoms with E-state index in [0.717, 1.165) is 5.92 Å². The van der Waals surface area contributed by atoms with E-state index < -0.39 is 0 Å². The number of unbranched alkanes of at least 4 members (excludes halogenated alkanes) is 1. The van der Waals surface area contributed by atoms with Crippen LogP contribution in [0.25, 0.3) is 0 Å². The number of nitrogens with one attached hydrogen (secondary N) is 1. The second-order valence-corrected chi connectivity index (χ2v) is 4.67. The molecule has 0 aromatic carbocycles. The van der Waals surface area contributed by atoms with Gasteiger partial charge in [0.05, 0.1) is 0 Å². The molecule has 0 bridgehead atoms. The van der Waals surface area contributed by atoms with Gasteiger partial charge in [-0.05, 0) is 25.2 Å². The predicted molar refractivity (Wildman–Crippen MR) is 61.8 cm³/mol. The van der Waals surface area contributed by atoms with Crippen molar-refractivity contribution in [1.29, 1.82) is 0 Å². The first kappa shape index (κ1) is 12.0. The van der Waals surface area contributed by atoms with Crippen molar-refractivity contribution in [1.82, 2.24) is 5.43 Å². The highest BCUT2D eigenvalue weighted by atomic mass is 15.2. The van der Waals surface area contributed by atoms with Crippen molar-refractivity contribution >= 4 is 0 Å². The standard InChI is InChI=1S/C12H26N2/c1-2-3-10-12(14-13)11-8-6-4-5-7-9-11/h11-12,14H,2-10,13H2,1H3. The minimum atomic E-state index is 0.577. The lowest BCUT2D eigenvalue weighted by molar-refractivity contribution is 0.302. The number of rotatable bonds is 5. The molecular formula is C12H26N2. The van der Waals surface area contributed by atoms with Crippen molar-refractivity contribution in [2.24, 2.45) is 11.8 Å². The lowest BCUT2D eigenvalue weighted by Crippen LogP contribution is -2.40. The Morgan fingerprint density at radius 2 is 1.86 bits per heavy atom. The second-order valence-electron chi connectivity index (χ2n) is 4.67. The van der Waals surface area contributed by atoms with Gasteiger partial charge in [-0.1, -0.05) is 45.4 Å². The van der Waals surface area contributed by atoms with Crippen LogP contribution in [0.15, 0.2) is 0 Å². The van der Waals surface area contributed by atoms with Gasteiger partial charge < -0.3 is 0 Å². The molecule has 2 heteroatoms. The van der Waals surface area contributed by atoms with Gasteiger partial charge in [0, 0.05) is 6.04 Å². The molecular weight excluding hydrogens is 172 g/mol. The fourth-order valence-electron chi connectivity index (χ4n) is 2.59. The van der Waals surface area contributed by atoms with Gasteiger partial charge in [0.15, 0.2) is 0 Å². The number of hydrogen-bond acceptors (Lipinski definition) is 2. The molecule has 0 saturated heterocycles. The average Bonchev–Trinajstić information content (AvgIpc) is 2.48. The van der Waals surface area contributed by atoms with Crippen LogP contribution in [0.1, 0.15) is 64.7 Å². The molecule has 84 valence electrons. The highest BCUT2D eigenvalue weighted by Crippen LogP contribution is 2.27. The smallest absolute Gasteiger partial charge is 0.0238 e. The summed E-state index contributed by atoms with van der Waals surface area (Å²) in [5, 5.41) is 0. The Morgan fingerprint density at radius 3 is 2.36 bits per heavy atom. The third-order valence-electron chi connectivity index (χ3n) is 3.55. The minimum absolute atomic E-state index is 0.577. The molecule has 2 nitrogen and oxygen atoms in total. The largest absolute Gasteiger partial charge is 0.271 e. The van der Waals surface area contributed by atoms with Crippen molar-refractivity contribution in [2.45, 2.75) is 70.8 Å². The molecule has 0 spiro atoms. The van der Waals surface area contributed by atoms with E-state index in [9.17, 15) is 0 Å². The van der Waals surface area contributed by atoms with Gasteiger partial charge in [-0.3, -0.25) is 11.3 Å². The molecule has 1 unspecified atom stereocenters. The van der Waals surface area contributed by atoms with Gasteiger partial charge >= 0.3 is 0 Å². The minimum Gasteiger partial charge on any atom is -0.271 e. The van der Waals surface area contributed by atoms with Crippen molar-refractivity contribution in [3.63, 3.8) is 0 Å². The molecule has 3 N–H and O–H groups in total. The van der Waals surface area contributed by atoms with Crippen LogP contribution in [0.5, 0.6) is 0 Å². The van der Waals surface area contributed by atoms with Crippen molar-refractivity contribution in [3.05, 3.63) is 0 Å². The lowest BCUT2D eigenvalue weighted by atomic mass is 9.89. The highest BCUT2D eigenvalue weighted by molar-refractivity contribution is 4.76. The first-order valence-electron chi connectivity index (χ1n) is 6.34. The normalized spacial score (nSPS) is 21.9. The molecule has 14 heavy (non-hydrogen) atoms. The monoisotopic (exact) mass is 198 g/mol. The van der Waals surface area contributed by atoms with Gasteiger partial charge in [-0.2, -0.15) is 0 Å². The van der Waals surface area contributed by atoms with E-state index in [1.54, 1.807) is 0 Å². The SMILES string of the molecule is CCCCC(NN)C1CCCCCC1. The Labute approximate surface area is 88.6 Å². The van der Waals surface area contributed by atoms with E-state index >= 15 is 0 Å². The Balaban J connectivity index is 2.32. The van der Waals surface area contributed by atoms with E-state index in [4.69, 9.17) is 5.84 Å². The molecule has 1 fully saturated rings. The Kier molecular flexibility index (Phi) is 6.20. The summed E-state index contributed by atoms with van der Waals surface area (Å²) in [7, 11) is 0. The van der Waals surface area contributed by atoms with E-state index in [1.807, 2.05) is 0 Å². The van der Waals surface area contributed by atoms with E-state index in [1.165, 1.54) is 57.8 Å². The lowest BCUT2D eigenvalue weighted by Gasteiger charge is -2.25. The summed E-state index contributed by atoms with van der Waals surface area (Å²) in [6.07, 6.45) is 12.3. The molecule has 0 aromatic rings. The molecule has 1 rings (SSSR count). The zero-order chi connectivity index (χ0) is 10.2. The quantitative estimate of drug-likeness (QED) is 0.405. The summed E-state index contributed by atoms with van der Waals surface area (Å²) in [6, 6.07) is 0.577. The first-order chi connectivity index (χ1) is 6.88. The van der Waals surface area contributed by atoms with Crippen LogP contribution in [0.2, 0.25) is 0 Å². The highest BCUT2D eigenvalue weighted by Gasteiger charge is 2.20. The van der Waals surface area contributed by atoms with Crippen LogP contribution < -0.4 is 11.3 Å². The summed E-state index contributed by atoms with van der Waals surface area (Å²) in [5.74, 6) is 6.49. The van der Waals surface area contributed by atoms with Gasteiger partial charge in [0.25, 0.3) is 0 Å². The maximum atomic E-state index is 5.65. The molecule has 1 aliphatic carbocycles. The average molecular weight is 198 g/mol. The number of nitrogens with two attached hydrogens (primary N) is 1. The van der Waals surface area contributed by atoms with E-state index in [0.29, 0.717) is 6.04 Å². The first-order valence-corrected chi connectivity index (χ1v) is 6.34. The summed E-state index contributed by atoms with van der Waals surface area (Å²) in [5.41, 5.74) is 3.03. The van der Waals surface area contributed by atoms with E-state index in [-0.39, 0.29) is 0 Å². The molecule has 1 atom stereocenters. The van der Waals surface area contributed by atoms with Crippen LogP contribution >= 0.6 is 0 Å². The van der Waals surface area contributed by atoms with Crippen LogP contribution in [-0.2, 0) is 0 Å². The zero-order valence-corrected chi connectivity index (χ0v) is 9.60. The number of hydrogen-bond donors (Lipinski definition) is 2. The summed E-state index contributed by atoms with van der Waals surface area (Å²) < 4.78 is 0. The fraction of sp³-hybridized carbons (Fsp3) is 1.00. The van der Waals surface area contributed by atoms with Crippen molar-refractivity contribution in [3.8, 4) is 0 Å². The molecule has 1 aliphatic rings. The van der Waals surface area contributed by atoms with Gasteiger partial charge in [0.2, 0.25) is 0 Å². The third kappa shape index (κ3) is 3.97. The van der Waals surface area contributed by atoms with Crippen LogP contribution in [0.4, 0.5) is 0 Å².